The number of phenols is 1. The highest BCUT2D eigenvalue weighted by Gasteiger charge is 2.35. The number of esters is 1. The van der Waals surface area contributed by atoms with Crippen molar-refractivity contribution >= 4 is 11.9 Å². The van der Waals surface area contributed by atoms with E-state index in [0.29, 0.717) is 23.0 Å². The molecule has 0 spiro atoms. The SMILES string of the molecule is CCOC(=O)C1=C(C)Nc2nc(-c3cccc(C)c3)nn2C1c1cccc(O)c1. The van der Waals surface area contributed by atoms with Crippen molar-refractivity contribution in [3.8, 4) is 17.1 Å². The van der Waals surface area contributed by atoms with Gasteiger partial charge in [0.1, 0.15) is 11.8 Å². The lowest BCUT2D eigenvalue weighted by molar-refractivity contribution is -0.139. The molecule has 1 aliphatic heterocycles. The van der Waals surface area contributed by atoms with E-state index in [1.807, 2.05) is 44.2 Å². The highest BCUT2D eigenvalue weighted by atomic mass is 16.5. The molecule has 1 aliphatic rings. The molecular weight excluding hydrogens is 368 g/mol. The predicted octanol–water partition coefficient (Wildman–Crippen LogP) is 3.81. The third-order valence-corrected chi connectivity index (χ3v) is 4.81. The summed E-state index contributed by atoms with van der Waals surface area (Å²) < 4.78 is 6.97. The fraction of sp³-hybridized carbons (Fsp3) is 0.227. The summed E-state index contributed by atoms with van der Waals surface area (Å²) in [5, 5.41) is 17.9. The predicted molar refractivity (Wildman–Crippen MR) is 109 cm³/mol. The Hall–Kier alpha value is -3.61. The maximum absolute atomic E-state index is 12.8. The van der Waals surface area contributed by atoms with E-state index < -0.39 is 12.0 Å². The number of hydrogen-bond acceptors (Lipinski definition) is 6. The first-order valence-electron chi connectivity index (χ1n) is 9.45. The molecule has 1 atom stereocenters. The lowest BCUT2D eigenvalue weighted by Crippen LogP contribution is -2.29. The molecule has 0 radical (unpaired) electrons. The molecule has 0 bridgehead atoms. The van der Waals surface area contributed by atoms with E-state index in [4.69, 9.17) is 9.84 Å². The summed E-state index contributed by atoms with van der Waals surface area (Å²) in [5.41, 5.74) is 3.79. The summed E-state index contributed by atoms with van der Waals surface area (Å²) in [6.07, 6.45) is 0. The van der Waals surface area contributed by atoms with Gasteiger partial charge in [-0.05, 0) is 44.5 Å². The van der Waals surface area contributed by atoms with Gasteiger partial charge in [-0.25, -0.2) is 9.48 Å². The molecule has 0 aliphatic carbocycles. The number of phenolic OH excluding ortho intramolecular Hbond substituents is 1. The summed E-state index contributed by atoms with van der Waals surface area (Å²) in [5.74, 6) is 0.770. The Kier molecular flexibility index (Phi) is 4.80. The smallest absolute Gasteiger partial charge is 0.338 e. The molecule has 0 saturated heterocycles. The molecule has 7 heteroatoms. The number of aromatic hydroxyl groups is 1. The van der Waals surface area contributed by atoms with Crippen LogP contribution in [0.5, 0.6) is 5.75 Å². The number of aryl methyl sites for hydroxylation is 1. The molecule has 2 aromatic carbocycles. The molecule has 2 heterocycles. The number of hydrogen-bond donors (Lipinski definition) is 2. The number of nitrogens with one attached hydrogen (secondary N) is 1. The zero-order valence-corrected chi connectivity index (χ0v) is 16.5. The minimum absolute atomic E-state index is 0.113. The van der Waals surface area contributed by atoms with Crippen LogP contribution in [0.2, 0.25) is 0 Å². The van der Waals surface area contributed by atoms with Gasteiger partial charge in [0.05, 0.1) is 12.2 Å². The van der Waals surface area contributed by atoms with Crippen LogP contribution in [0, 0.1) is 6.92 Å². The number of allylic oxidation sites excluding steroid dienone is 1. The molecule has 3 aromatic rings. The molecule has 1 aromatic heterocycles. The van der Waals surface area contributed by atoms with E-state index in [-0.39, 0.29) is 12.4 Å². The first kappa shape index (κ1) is 18.7. The Morgan fingerprint density at radius 3 is 2.72 bits per heavy atom. The molecule has 2 N–H and O–H groups in total. The largest absolute Gasteiger partial charge is 0.508 e. The fourth-order valence-corrected chi connectivity index (χ4v) is 3.53. The molecule has 0 saturated carbocycles. The highest BCUT2D eigenvalue weighted by molar-refractivity contribution is 5.92. The van der Waals surface area contributed by atoms with Crippen molar-refractivity contribution in [2.75, 3.05) is 11.9 Å². The van der Waals surface area contributed by atoms with Crippen molar-refractivity contribution in [3.05, 3.63) is 70.9 Å². The van der Waals surface area contributed by atoms with Crippen molar-refractivity contribution in [3.63, 3.8) is 0 Å². The van der Waals surface area contributed by atoms with Crippen LogP contribution in [-0.4, -0.2) is 32.4 Å². The quantitative estimate of drug-likeness (QED) is 0.659. The number of aromatic nitrogens is 3. The van der Waals surface area contributed by atoms with E-state index in [0.717, 1.165) is 16.7 Å². The van der Waals surface area contributed by atoms with E-state index in [1.165, 1.54) is 0 Å². The van der Waals surface area contributed by atoms with Crippen molar-refractivity contribution in [2.24, 2.45) is 0 Å². The third kappa shape index (κ3) is 3.47. The van der Waals surface area contributed by atoms with Crippen LogP contribution in [-0.2, 0) is 9.53 Å². The van der Waals surface area contributed by atoms with Crippen LogP contribution in [0.25, 0.3) is 11.4 Å². The zero-order valence-electron chi connectivity index (χ0n) is 16.5. The number of carbonyl (C=O) groups is 1. The Labute approximate surface area is 168 Å². The summed E-state index contributed by atoms with van der Waals surface area (Å²) in [6, 6.07) is 14.2. The van der Waals surface area contributed by atoms with E-state index >= 15 is 0 Å². The van der Waals surface area contributed by atoms with Crippen LogP contribution >= 0.6 is 0 Å². The van der Waals surface area contributed by atoms with Gasteiger partial charge in [0.2, 0.25) is 5.95 Å². The number of benzene rings is 2. The second kappa shape index (κ2) is 7.43. The van der Waals surface area contributed by atoms with Gasteiger partial charge < -0.3 is 15.2 Å². The maximum Gasteiger partial charge on any atom is 0.338 e. The molecule has 1 unspecified atom stereocenters. The standard InChI is InChI=1S/C22H22N4O3/c1-4-29-21(28)18-14(3)23-22-24-20(16-9-5-7-13(2)11-16)25-26(22)19(18)15-8-6-10-17(27)12-15/h5-12,19,27H,4H2,1-3H3,(H,23,24,25). The van der Waals surface area contributed by atoms with Crippen molar-refractivity contribution < 1.29 is 14.6 Å². The lowest BCUT2D eigenvalue weighted by Gasteiger charge is -2.28. The van der Waals surface area contributed by atoms with Crippen LogP contribution in [0.1, 0.15) is 31.0 Å². The van der Waals surface area contributed by atoms with Gasteiger partial charge in [-0.2, -0.15) is 4.98 Å². The summed E-state index contributed by atoms with van der Waals surface area (Å²) >= 11 is 0. The van der Waals surface area contributed by atoms with E-state index in [2.05, 4.69) is 10.3 Å². The number of fused-ring (bicyclic) bond motifs is 1. The van der Waals surface area contributed by atoms with Crippen molar-refractivity contribution in [1.29, 1.82) is 0 Å². The number of ether oxygens (including phenoxy) is 1. The molecule has 0 fully saturated rings. The monoisotopic (exact) mass is 390 g/mol. The highest BCUT2D eigenvalue weighted by Crippen LogP contribution is 2.37. The Bertz CT molecular complexity index is 1120. The second-order valence-electron chi connectivity index (χ2n) is 6.95. The average molecular weight is 390 g/mol. The fourth-order valence-electron chi connectivity index (χ4n) is 3.53. The van der Waals surface area contributed by atoms with Crippen LogP contribution in [0.3, 0.4) is 0 Å². The maximum atomic E-state index is 12.8. The molecule has 148 valence electrons. The minimum Gasteiger partial charge on any atom is -0.508 e. The minimum atomic E-state index is -0.566. The van der Waals surface area contributed by atoms with Gasteiger partial charge in [-0.3, -0.25) is 0 Å². The number of anilines is 1. The zero-order chi connectivity index (χ0) is 20.5. The summed E-state index contributed by atoms with van der Waals surface area (Å²) in [4.78, 5) is 17.4. The van der Waals surface area contributed by atoms with Crippen LogP contribution in [0.4, 0.5) is 5.95 Å². The first-order valence-corrected chi connectivity index (χ1v) is 9.45. The summed E-state index contributed by atoms with van der Waals surface area (Å²) in [6.45, 7) is 5.86. The topological polar surface area (TPSA) is 89.3 Å². The number of rotatable bonds is 4. The van der Waals surface area contributed by atoms with Gasteiger partial charge in [-0.1, -0.05) is 35.9 Å². The van der Waals surface area contributed by atoms with Crippen molar-refractivity contribution in [1.82, 2.24) is 14.8 Å². The number of nitrogens with zero attached hydrogens (tertiary/aromatic N) is 3. The van der Waals surface area contributed by atoms with E-state index in [1.54, 1.807) is 29.8 Å². The van der Waals surface area contributed by atoms with E-state index in [9.17, 15) is 9.90 Å². The van der Waals surface area contributed by atoms with Gasteiger partial charge in [0, 0.05) is 11.3 Å². The second-order valence-corrected chi connectivity index (χ2v) is 6.95. The van der Waals surface area contributed by atoms with Gasteiger partial charge >= 0.3 is 5.97 Å². The molecule has 7 nitrogen and oxygen atoms in total. The average Bonchev–Trinajstić information content (AvgIpc) is 3.10. The van der Waals surface area contributed by atoms with Crippen LogP contribution < -0.4 is 5.32 Å². The molecule has 0 amide bonds. The van der Waals surface area contributed by atoms with Gasteiger partial charge in [-0.15, -0.1) is 5.10 Å². The van der Waals surface area contributed by atoms with Gasteiger partial charge in [0.15, 0.2) is 5.82 Å². The Balaban J connectivity index is 1.87. The Morgan fingerprint density at radius 2 is 2.00 bits per heavy atom. The van der Waals surface area contributed by atoms with Crippen LogP contribution in [0.15, 0.2) is 59.8 Å². The third-order valence-electron chi connectivity index (χ3n) is 4.81. The molecule has 4 rings (SSSR count). The first-order chi connectivity index (χ1) is 14.0. The molecule has 29 heavy (non-hydrogen) atoms. The summed E-state index contributed by atoms with van der Waals surface area (Å²) in [7, 11) is 0. The Morgan fingerprint density at radius 1 is 1.21 bits per heavy atom. The van der Waals surface area contributed by atoms with Crippen molar-refractivity contribution in [2.45, 2.75) is 26.8 Å². The molecular formula is C22H22N4O3. The normalized spacial score (nSPS) is 15.6. The number of carbonyl (C=O) groups excluding carboxylic acids is 1. The lowest BCUT2D eigenvalue weighted by atomic mass is 9.95. The van der Waals surface area contributed by atoms with Gasteiger partial charge in [0.25, 0.3) is 0 Å².